The molecule has 4 nitrogen and oxygen atoms in total. The minimum absolute atomic E-state index is 0.00435. The highest BCUT2D eigenvalue weighted by molar-refractivity contribution is 5.38. The third kappa shape index (κ3) is 3.04. The van der Waals surface area contributed by atoms with Crippen molar-refractivity contribution in [2.75, 3.05) is 13.1 Å². The fourth-order valence-electron chi connectivity index (χ4n) is 1.02. The van der Waals surface area contributed by atoms with Crippen LogP contribution in [0, 0.1) is 22.7 Å². The SMILES string of the molecule is CCCN(CC)C(N)=C(C#N)C#N. The molecule has 0 saturated carbocycles. The first-order valence-corrected chi connectivity index (χ1v) is 4.26. The number of allylic oxidation sites excluding steroid dienone is 1. The van der Waals surface area contributed by atoms with Gasteiger partial charge in [0.15, 0.2) is 5.57 Å². The molecule has 13 heavy (non-hydrogen) atoms. The summed E-state index contributed by atoms with van der Waals surface area (Å²) in [7, 11) is 0. The lowest BCUT2D eigenvalue weighted by Gasteiger charge is -2.21. The second-order valence-corrected chi connectivity index (χ2v) is 2.56. The summed E-state index contributed by atoms with van der Waals surface area (Å²) in [5.74, 6) is 0.286. The van der Waals surface area contributed by atoms with Gasteiger partial charge in [-0.1, -0.05) is 6.92 Å². The van der Waals surface area contributed by atoms with Crippen LogP contribution in [-0.2, 0) is 0 Å². The van der Waals surface area contributed by atoms with Crippen molar-refractivity contribution < 1.29 is 0 Å². The number of nitrogens with zero attached hydrogens (tertiary/aromatic N) is 3. The van der Waals surface area contributed by atoms with E-state index in [1.165, 1.54) is 0 Å². The van der Waals surface area contributed by atoms with Crippen LogP contribution in [0.2, 0.25) is 0 Å². The maximum absolute atomic E-state index is 8.57. The van der Waals surface area contributed by atoms with Gasteiger partial charge in [0.2, 0.25) is 0 Å². The van der Waals surface area contributed by atoms with Crippen LogP contribution in [0.15, 0.2) is 11.4 Å². The van der Waals surface area contributed by atoms with E-state index in [-0.39, 0.29) is 11.4 Å². The van der Waals surface area contributed by atoms with Gasteiger partial charge in [0.25, 0.3) is 0 Å². The minimum atomic E-state index is -0.00435. The highest BCUT2D eigenvalue weighted by atomic mass is 15.2. The van der Waals surface area contributed by atoms with Crippen molar-refractivity contribution >= 4 is 0 Å². The molecule has 70 valence electrons. The molecule has 0 heterocycles. The van der Waals surface area contributed by atoms with Crippen molar-refractivity contribution in [3.05, 3.63) is 11.4 Å². The molecule has 0 aliphatic carbocycles. The molecule has 0 aromatic rings. The van der Waals surface area contributed by atoms with Gasteiger partial charge in [-0.15, -0.1) is 0 Å². The van der Waals surface area contributed by atoms with E-state index < -0.39 is 0 Å². The summed E-state index contributed by atoms with van der Waals surface area (Å²) in [6.45, 7) is 5.45. The second kappa shape index (κ2) is 5.91. The first-order valence-electron chi connectivity index (χ1n) is 4.26. The number of nitriles is 2. The summed E-state index contributed by atoms with van der Waals surface area (Å²) in [6, 6.07) is 3.55. The molecule has 2 N–H and O–H groups in total. The summed E-state index contributed by atoms with van der Waals surface area (Å²) in [4.78, 5) is 1.82. The van der Waals surface area contributed by atoms with Gasteiger partial charge >= 0.3 is 0 Å². The van der Waals surface area contributed by atoms with Crippen LogP contribution in [0.3, 0.4) is 0 Å². The van der Waals surface area contributed by atoms with E-state index in [2.05, 4.69) is 0 Å². The minimum Gasteiger partial charge on any atom is -0.384 e. The van der Waals surface area contributed by atoms with Crippen molar-refractivity contribution in [3.8, 4) is 12.1 Å². The van der Waals surface area contributed by atoms with Gasteiger partial charge < -0.3 is 10.6 Å². The fraction of sp³-hybridized carbons (Fsp3) is 0.556. The molecule has 0 aliphatic rings. The lowest BCUT2D eigenvalue weighted by atomic mass is 10.3. The average molecular weight is 178 g/mol. The van der Waals surface area contributed by atoms with Crippen LogP contribution in [-0.4, -0.2) is 18.0 Å². The van der Waals surface area contributed by atoms with E-state index in [1.807, 2.05) is 18.7 Å². The van der Waals surface area contributed by atoms with Crippen molar-refractivity contribution in [1.82, 2.24) is 4.90 Å². The van der Waals surface area contributed by atoms with Crippen LogP contribution in [0.4, 0.5) is 0 Å². The smallest absolute Gasteiger partial charge is 0.169 e. The Labute approximate surface area is 78.9 Å². The summed E-state index contributed by atoms with van der Waals surface area (Å²) >= 11 is 0. The Morgan fingerprint density at radius 1 is 1.31 bits per heavy atom. The third-order valence-electron chi connectivity index (χ3n) is 1.70. The van der Waals surface area contributed by atoms with E-state index in [0.717, 1.165) is 13.0 Å². The Hall–Kier alpha value is -1.68. The molecule has 0 radical (unpaired) electrons. The van der Waals surface area contributed by atoms with Crippen LogP contribution in [0.1, 0.15) is 20.3 Å². The van der Waals surface area contributed by atoms with Crippen LogP contribution >= 0.6 is 0 Å². The zero-order valence-electron chi connectivity index (χ0n) is 8.04. The van der Waals surface area contributed by atoms with Gasteiger partial charge in [0, 0.05) is 13.1 Å². The molecule has 0 aliphatic heterocycles. The van der Waals surface area contributed by atoms with Crippen LogP contribution in [0.5, 0.6) is 0 Å². The van der Waals surface area contributed by atoms with Crippen molar-refractivity contribution in [2.45, 2.75) is 20.3 Å². The van der Waals surface area contributed by atoms with E-state index in [9.17, 15) is 0 Å². The van der Waals surface area contributed by atoms with Crippen molar-refractivity contribution in [2.24, 2.45) is 5.73 Å². The van der Waals surface area contributed by atoms with Crippen LogP contribution in [0.25, 0.3) is 0 Å². The first kappa shape index (κ1) is 11.3. The van der Waals surface area contributed by atoms with Crippen LogP contribution < -0.4 is 5.73 Å². The highest BCUT2D eigenvalue weighted by Gasteiger charge is 2.08. The number of nitrogens with two attached hydrogens (primary N) is 1. The quantitative estimate of drug-likeness (QED) is 0.650. The Kier molecular flexibility index (Phi) is 5.14. The first-order chi connectivity index (χ1) is 6.21. The van der Waals surface area contributed by atoms with Gasteiger partial charge in [-0.05, 0) is 13.3 Å². The van der Waals surface area contributed by atoms with Gasteiger partial charge in [-0.25, -0.2) is 0 Å². The Balaban J connectivity index is 4.72. The van der Waals surface area contributed by atoms with E-state index in [0.29, 0.717) is 6.54 Å². The molecular weight excluding hydrogens is 164 g/mol. The molecule has 0 unspecified atom stereocenters. The molecule has 0 amide bonds. The molecule has 0 aromatic carbocycles. The monoisotopic (exact) mass is 178 g/mol. The highest BCUT2D eigenvalue weighted by Crippen LogP contribution is 2.03. The normalized spacial score (nSPS) is 8.31. The molecular formula is C9H14N4. The average Bonchev–Trinajstić information content (AvgIpc) is 2.15. The van der Waals surface area contributed by atoms with Gasteiger partial charge in [0.1, 0.15) is 18.0 Å². The zero-order chi connectivity index (χ0) is 10.3. The lowest BCUT2D eigenvalue weighted by molar-refractivity contribution is 0.357. The molecule has 0 rings (SSSR count). The van der Waals surface area contributed by atoms with E-state index >= 15 is 0 Å². The Morgan fingerprint density at radius 3 is 2.15 bits per heavy atom. The van der Waals surface area contributed by atoms with Crippen molar-refractivity contribution in [1.29, 1.82) is 10.5 Å². The van der Waals surface area contributed by atoms with Gasteiger partial charge in [-0.2, -0.15) is 10.5 Å². The third-order valence-corrected chi connectivity index (χ3v) is 1.70. The maximum atomic E-state index is 8.57. The van der Waals surface area contributed by atoms with Crippen molar-refractivity contribution in [3.63, 3.8) is 0 Å². The Morgan fingerprint density at radius 2 is 1.85 bits per heavy atom. The number of hydrogen-bond donors (Lipinski definition) is 1. The standard InChI is InChI=1S/C9H14N4/c1-3-5-13(4-2)9(12)8(6-10)7-11/h3-5,12H2,1-2H3. The molecule has 0 bridgehead atoms. The van der Waals surface area contributed by atoms with Gasteiger partial charge in [-0.3, -0.25) is 0 Å². The summed E-state index contributed by atoms with van der Waals surface area (Å²) in [6.07, 6.45) is 0.943. The molecule has 4 heteroatoms. The largest absolute Gasteiger partial charge is 0.384 e. The predicted molar refractivity (Wildman–Crippen MR) is 50.0 cm³/mol. The predicted octanol–water partition coefficient (Wildman–Crippen LogP) is 0.936. The molecule has 0 saturated heterocycles. The lowest BCUT2D eigenvalue weighted by Crippen LogP contribution is -2.29. The summed E-state index contributed by atoms with van der Waals surface area (Å²) < 4.78 is 0. The van der Waals surface area contributed by atoms with E-state index in [4.69, 9.17) is 16.3 Å². The topological polar surface area (TPSA) is 76.8 Å². The number of rotatable bonds is 4. The molecule has 0 fully saturated rings. The maximum Gasteiger partial charge on any atom is 0.169 e. The summed E-state index contributed by atoms with van der Waals surface area (Å²) in [5.41, 5.74) is 5.64. The second-order valence-electron chi connectivity index (χ2n) is 2.56. The summed E-state index contributed by atoms with van der Waals surface area (Å²) in [5, 5.41) is 17.1. The molecule has 0 atom stereocenters. The molecule has 0 spiro atoms. The van der Waals surface area contributed by atoms with E-state index in [1.54, 1.807) is 12.1 Å². The Bertz CT molecular complexity index is 250. The zero-order valence-corrected chi connectivity index (χ0v) is 8.04. The van der Waals surface area contributed by atoms with Gasteiger partial charge in [0.05, 0.1) is 0 Å². The number of hydrogen-bond acceptors (Lipinski definition) is 4. The molecule has 0 aromatic heterocycles. The fourth-order valence-corrected chi connectivity index (χ4v) is 1.02.